The van der Waals surface area contributed by atoms with Crippen LogP contribution in [0.25, 0.3) is 27.8 Å². The van der Waals surface area contributed by atoms with Gasteiger partial charge in [-0.15, -0.1) is 0 Å². The van der Waals surface area contributed by atoms with Gasteiger partial charge < -0.3 is 9.14 Å². The van der Waals surface area contributed by atoms with E-state index in [4.69, 9.17) is 4.74 Å². The molecular weight excluding hydrogens is 286 g/mol. The van der Waals surface area contributed by atoms with Gasteiger partial charge in [-0.05, 0) is 47.0 Å². The van der Waals surface area contributed by atoms with Gasteiger partial charge in [0.1, 0.15) is 5.75 Å². The zero-order valence-corrected chi connectivity index (χ0v) is 12.7. The predicted octanol–water partition coefficient (Wildman–Crippen LogP) is 4.07. The molecule has 4 nitrogen and oxygen atoms in total. The van der Waals surface area contributed by atoms with Gasteiger partial charge in [-0.1, -0.05) is 12.1 Å². The lowest BCUT2D eigenvalue weighted by atomic mass is 10.0. The van der Waals surface area contributed by atoms with Crippen LogP contribution in [0.1, 0.15) is 0 Å². The van der Waals surface area contributed by atoms with Crippen molar-refractivity contribution in [2.45, 2.75) is 0 Å². The third-order valence-electron chi connectivity index (χ3n) is 3.93. The first-order chi connectivity index (χ1) is 11.3. The number of hydrogen-bond donors (Lipinski definition) is 0. The normalized spacial score (nSPS) is 10.8. The Morgan fingerprint density at radius 3 is 2.39 bits per heavy atom. The summed E-state index contributed by atoms with van der Waals surface area (Å²) in [4.78, 5) is 8.38. The van der Waals surface area contributed by atoms with Gasteiger partial charge in [-0.25, -0.2) is 4.98 Å². The molecular formula is C19H15N3O. The van der Waals surface area contributed by atoms with E-state index in [0.29, 0.717) is 0 Å². The van der Waals surface area contributed by atoms with Crippen molar-refractivity contribution in [2.24, 2.45) is 0 Å². The number of pyridine rings is 2. The molecule has 4 aromatic rings. The van der Waals surface area contributed by atoms with E-state index in [-0.39, 0.29) is 0 Å². The second-order valence-electron chi connectivity index (χ2n) is 5.29. The van der Waals surface area contributed by atoms with E-state index in [0.717, 1.165) is 33.5 Å². The van der Waals surface area contributed by atoms with Crippen molar-refractivity contribution < 1.29 is 4.74 Å². The van der Waals surface area contributed by atoms with E-state index < -0.39 is 0 Å². The Kier molecular flexibility index (Phi) is 3.27. The zero-order valence-electron chi connectivity index (χ0n) is 12.7. The van der Waals surface area contributed by atoms with Crippen molar-refractivity contribution in [3.05, 3.63) is 73.6 Å². The molecule has 0 fully saturated rings. The van der Waals surface area contributed by atoms with Crippen LogP contribution in [0.2, 0.25) is 0 Å². The van der Waals surface area contributed by atoms with Gasteiger partial charge in [0.25, 0.3) is 0 Å². The highest BCUT2D eigenvalue weighted by Gasteiger charge is 2.08. The molecule has 0 aliphatic carbocycles. The topological polar surface area (TPSA) is 39.4 Å². The Bertz CT molecular complexity index is 943. The molecule has 1 aromatic carbocycles. The first-order valence-corrected chi connectivity index (χ1v) is 7.36. The lowest BCUT2D eigenvalue weighted by Gasteiger charge is -2.10. The maximum atomic E-state index is 5.23. The highest BCUT2D eigenvalue weighted by molar-refractivity contribution is 5.84. The second kappa shape index (κ2) is 5.57. The minimum atomic E-state index is 0.854. The van der Waals surface area contributed by atoms with Gasteiger partial charge in [-0.3, -0.25) is 4.98 Å². The minimum Gasteiger partial charge on any atom is -0.497 e. The number of fused-ring (bicyclic) bond motifs is 1. The maximum absolute atomic E-state index is 5.23. The van der Waals surface area contributed by atoms with E-state index in [2.05, 4.69) is 38.8 Å². The Balaban J connectivity index is 1.91. The summed E-state index contributed by atoms with van der Waals surface area (Å²) in [6, 6.07) is 14.3. The van der Waals surface area contributed by atoms with Crippen LogP contribution >= 0.6 is 0 Å². The fourth-order valence-corrected chi connectivity index (χ4v) is 2.74. The molecule has 4 heteroatoms. The molecule has 0 aliphatic rings. The molecule has 0 radical (unpaired) electrons. The quantitative estimate of drug-likeness (QED) is 0.572. The molecule has 0 saturated carbocycles. The van der Waals surface area contributed by atoms with Crippen LogP contribution in [0.15, 0.2) is 73.6 Å². The van der Waals surface area contributed by atoms with E-state index in [1.165, 1.54) is 0 Å². The molecule has 3 aromatic heterocycles. The second-order valence-corrected chi connectivity index (χ2v) is 5.29. The summed E-state index contributed by atoms with van der Waals surface area (Å²) in [6.45, 7) is 0. The summed E-state index contributed by atoms with van der Waals surface area (Å²) in [5, 5.41) is 0. The van der Waals surface area contributed by atoms with Crippen LogP contribution in [0.5, 0.6) is 5.75 Å². The maximum Gasteiger partial charge on any atom is 0.118 e. The highest BCUT2D eigenvalue weighted by Crippen LogP contribution is 2.30. The third kappa shape index (κ3) is 2.44. The molecule has 0 aliphatic heterocycles. The predicted molar refractivity (Wildman–Crippen MR) is 90.4 cm³/mol. The summed E-state index contributed by atoms with van der Waals surface area (Å²) in [5.74, 6) is 0.854. The number of imidazole rings is 1. The number of ether oxygens (including phenoxy) is 1. The van der Waals surface area contributed by atoms with Gasteiger partial charge in [0.05, 0.1) is 25.2 Å². The number of rotatable bonds is 3. The molecule has 0 saturated heterocycles. The fourth-order valence-electron chi connectivity index (χ4n) is 2.74. The first-order valence-electron chi connectivity index (χ1n) is 7.36. The van der Waals surface area contributed by atoms with Gasteiger partial charge in [0.15, 0.2) is 0 Å². The first kappa shape index (κ1) is 13.5. The summed E-state index contributed by atoms with van der Waals surface area (Å²) in [5.41, 5.74) is 5.61. The van der Waals surface area contributed by atoms with Gasteiger partial charge in [0.2, 0.25) is 0 Å². The van der Waals surface area contributed by atoms with Crippen molar-refractivity contribution in [1.29, 1.82) is 0 Å². The summed E-state index contributed by atoms with van der Waals surface area (Å²) in [6.07, 6.45) is 9.42. The smallest absolute Gasteiger partial charge is 0.118 e. The Morgan fingerprint density at radius 1 is 0.870 bits per heavy atom. The van der Waals surface area contributed by atoms with E-state index in [9.17, 15) is 0 Å². The number of nitrogens with zero attached hydrogens (tertiary/aromatic N) is 3. The van der Waals surface area contributed by atoms with Crippen LogP contribution < -0.4 is 4.74 Å². The molecule has 0 unspecified atom stereocenters. The Morgan fingerprint density at radius 2 is 1.65 bits per heavy atom. The number of aromatic nitrogens is 3. The molecule has 0 bridgehead atoms. The van der Waals surface area contributed by atoms with Crippen LogP contribution in [0.3, 0.4) is 0 Å². The minimum absolute atomic E-state index is 0.854. The molecule has 4 rings (SSSR count). The average molecular weight is 301 g/mol. The lowest BCUT2D eigenvalue weighted by Crippen LogP contribution is -1.90. The van der Waals surface area contributed by atoms with E-state index in [1.807, 2.05) is 49.2 Å². The molecule has 0 atom stereocenters. The number of hydrogen-bond acceptors (Lipinski definition) is 3. The van der Waals surface area contributed by atoms with Crippen LogP contribution in [-0.4, -0.2) is 21.5 Å². The SMILES string of the molecule is COc1ccc(-c2cc(-c3ccncc3)c3cncn3c2)cc1. The summed E-state index contributed by atoms with van der Waals surface area (Å²) < 4.78 is 7.28. The van der Waals surface area contributed by atoms with Gasteiger partial charge in [-0.2, -0.15) is 0 Å². The third-order valence-corrected chi connectivity index (χ3v) is 3.93. The van der Waals surface area contributed by atoms with E-state index in [1.54, 1.807) is 7.11 Å². The van der Waals surface area contributed by atoms with Gasteiger partial charge >= 0.3 is 0 Å². The fraction of sp³-hybridized carbons (Fsp3) is 0.0526. The van der Waals surface area contributed by atoms with Crippen molar-refractivity contribution in [2.75, 3.05) is 7.11 Å². The zero-order chi connectivity index (χ0) is 15.6. The van der Waals surface area contributed by atoms with Crippen LogP contribution in [-0.2, 0) is 0 Å². The van der Waals surface area contributed by atoms with Gasteiger partial charge in [0, 0.05) is 24.2 Å². The highest BCUT2D eigenvalue weighted by atomic mass is 16.5. The lowest BCUT2D eigenvalue weighted by molar-refractivity contribution is 0.415. The molecule has 23 heavy (non-hydrogen) atoms. The largest absolute Gasteiger partial charge is 0.497 e. The van der Waals surface area contributed by atoms with Crippen molar-refractivity contribution in [3.63, 3.8) is 0 Å². The van der Waals surface area contributed by atoms with Crippen molar-refractivity contribution in [3.8, 4) is 28.0 Å². The monoisotopic (exact) mass is 301 g/mol. The summed E-state index contributed by atoms with van der Waals surface area (Å²) in [7, 11) is 1.67. The van der Waals surface area contributed by atoms with Crippen LogP contribution in [0, 0.1) is 0 Å². The number of methoxy groups -OCH3 is 1. The Hall–Kier alpha value is -3.14. The summed E-state index contributed by atoms with van der Waals surface area (Å²) >= 11 is 0. The molecule has 3 heterocycles. The Labute approximate surface area is 134 Å². The van der Waals surface area contributed by atoms with Crippen molar-refractivity contribution >= 4 is 5.52 Å². The standard InChI is InChI=1S/C19H15N3O/c1-23-17-4-2-14(3-5-17)16-10-18(15-6-8-20-9-7-15)19-11-21-13-22(19)12-16/h2-13H,1H3. The molecule has 0 N–H and O–H groups in total. The molecule has 112 valence electrons. The number of benzene rings is 1. The molecule has 0 spiro atoms. The van der Waals surface area contributed by atoms with Crippen LogP contribution in [0.4, 0.5) is 0 Å². The van der Waals surface area contributed by atoms with E-state index >= 15 is 0 Å². The average Bonchev–Trinajstić information content (AvgIpc) is 3.10. The van der Waals surface area contributed by atoms with Crippen molar-refractivity contribution in [1.82, 2.24) is 14.4 Å². The molecule has 0 amide bonds.